The lowest BCUT2D eigenvalue weighted by Gasteiger charge is -2.00. The smallest absolute Gasteiger partial charge is 0.282 e. The normalized spacial score (nSPS) is 10.2. The molecule has 1 aromatic carbocycles. The van der Waals surface area contributed by atoms with E-state index in [9.17, 15) is 8.42 Å². The van der Waals surface area contributed by atoms with Crippen molar-refractivity contribution < 1.29 is 13.0 Å². The van der Waals surface area contributed by atoms with Crippen molar-refractivity contribution in [1.29, 1.82) is 0 Å². The van der Waals surface area contributed by atoms with Crippen molar-refractivity contribution in [3.05, 3.63) is 36.4 Å². The largest absolute Gasteiger partial charge is 0.316 e. The van der Waals surface area contributed by atoms with Crippen LogP contribution >= 0.6 is 0 Å². The Balaban J connectivity index is 0.00000144. The summed E-state index contributed by atoms with van der Waals surface area (Å²) in [6.45, 7) is 3.43. The number of hydrogen-bond donors (Lipinski definition) is 1. The SMILES string of the molecule is C=Cc1ccccc1S(=O)(=O)O.[MgH2]. The van der Waals surface area contributed by atoms with E-state index in [1.165, 1.54) is 18.2 Å². The van der Waals surface area contributed by atoms with Gasteiger partial charge in [-0.25, -0.2) is 0 Å². The fourth-order valence-electron chi connectivity index (χ4n) is 0.884. The molecule has 68 valence electrons. The first-order valence-corrected chi connectivity index (χ1v) is 4.68. The quantitative estimate of drug-likeness (QED) is 0.576. The van der Waals surface area contributed by atoms with Crippen molar-refractivity contribution >= 4 is 39.2 Å². The van der Waals surface area contributed by atoms with E-state index >= 15 is 0 Å². The number of benzene rings is 1. The van der Waals surface area contributed by atoms with E-state index < -0.39 is 10.1 Å². The minimum Gasteiger partial charge on any atom is -0.282 e. The van der Waals surface area contributed by atoms with Gasteiger partial charge in [0.05, 0.1) is 0 Å². The predicted molar refractivity (Wildman–Crippen MR) is 54.9 cm³/mol. The van der Waals surface area contributed by atoms with Gasteiger partial charge >= 0.3 is 23.1 Å². The van der Waals surface area contributed by atoms with Crippen molar-refractivity contribution in [2.24, 2.45) is 0 Å². The van der Waals surface area contributed by atoms with Crippen LogP contribution in [0.4, 0.5) is 0 Å². The van der Waals surface area contributed by atoms with E-state index in [0.29, 0.717) is 5.56 Å². The first-order valence-electron chi connectivity index (χ1n) is 3.24. The highest BCUT2D eigenvalue weighted by Gasteiger charge is 2.11. The van der Waals surface area contributed by atoms with Gasteiger partial charge in [0.2, 0.25) is 0 Å². The highest BCUT2D eigenvalue weighted by atomic mass is 32.2. The molecule has 0 spiro atoms. The minimum absolute atomic E-state index is 0. The van der Waals surface area contributed by atoms with Crippen LogP contribution in [0.2, 0.25) is 0 Å². The summed E-state index contributed by atoms with van der Waals surface area (Å²) in [5.41, 5.74) is 0.403. The summed E-state index contributed by atoms with van der Waals surface area (Å²) in [4.78, 5) is -0.111. The van der Waals surface area contributed by atoms with Gasteiger partial charge in [0.25, 0.3) is 10.1 Å². The molecule has 0 aromatic heterocycles. The van der Waals surface area contributed by atoms with Crippen LogP contribution in [0.1, 0.15) is 5.56 Å². The Morgan fingerprint density at radius 2 is 1.85 bits per heavy atom. The Kier molecular flexibility index (Phi) is 4.62. The van der Waals surface area contributed by atoms with Gasteiger partial charge in [0.1, 0.15) is 4.90 Å². The van der Waals surface area contributed by atoms with Crippen LogP contribution in [0.15, 0.2) is 35.7 Å². The summed E-state index contributed by atoms with van der Waals surface area (Å²) >= 11 is 0. The average Bonchev–Trinajstić information content (AvgIpc) is 2.03. The summed E-state index contributed by atoms with van der Waals surface area (Å²) in [5, 5.41) is 0. The highest BCUT2D eigenvalue weighted by molar-refractivity contribution is 7.85. The summed E-state index contributed by atoms with van der Waals surface area (Å²) < 4.78 is 30.2. The monoisotopic (exact) mass is 210 g/mol. The second kappa shape index (κ2) is 4.76. The van der Waals surface area contributed by atoms with Crippen molar-refractivity contribution in [2.75, 3.05) is 0 Å². The molecule has 0 heterocycles. The van der Waals surface area contributed by atoms with Crippen molar-refractivity contribution in [1.82, 2.24) is 0 Å². The Labute approximate surface area is 93.4 Å². The summed E-state index contributed by atoms with van der Waals surface area (Å²) in [6, 6.07) is 6.10. The zero-order valence-corrected chi connectivity index (χ0v) is 7.08. The van der Waals surface area contributed by atoms with Crippen molar-refractivity contribution in [3.63, 3.8) is 0 Å². The number of rotatable bonds is 2. The summed E-state index contributed by atoms with van der Waals surface area (Å²) in [5.74, 6) is 0. The molecule has 13 heavy (non-hydrogen) atoms. The van der Waals surface area contributed by atoms with Crippen LogP contribution in [-0.2, 0) is 10.1 Å². The third kappa shape index (κ3) is 3.11. The lowest BCUT2D eigenvalue weighted by molar-refractivity contribution is 0.483. The molecule has 1 N–H and O–H groups in total. The van der Waals surface area contributed by atoms with E-state index in [-0.39, 0.29) is 27.9 Å². The Morgan fingerprint density at radius 3 is 2.23 bits per heavy atom. The van der Waals surface area contributed by atoms with Crippen LogP contribution in [0.5, 0.6) is 0 Å². The first-order chi connectivity index (χ1) is 5.55. The van der Waals surface area contributed by atoms with Gasteiger partial charge < -0.3 is 0 Å². The fraction of sp³-hybridized carbons (Fsp3) is 0. The van der Waals surface area contributed by atoms with Crippen LogP contribution in [0.3, 0.4) is 0 Å². The maximum absolute atomic E-state index is 10.7. The van der Waals surface area contributed by atoms with Gasteiger partial charge in [-0.2, -0.15) is 8.42 Å². The molecule has 1 aromatic rings. The molecule has 3 nitrogen and oxygen atoms in total. The van der Waals surface area contributed by atoms with Crippen LogP contribution in [0.25, 0.3) is 6.08 Å². The van der Waals surface area contributed by atoms with Crippen LogP contribution < -0.4 is 0 Å². The van der Waals surface area contributed by atoms with E-state index in [2.05, 4.69) is 6.58 Å². The summed E-state index contributed by atoms with van der Waals surface area (Å²) in [7, 11) is -4.12. The fourth-order valence-corrected chi connectivity index (χ4v) is 1.58. The van der Waals surface area contributed by atoms with Gasteiger partial charge in [0.15, 0.2) is 0 Å². The van der Waals surface area contributed by atoms with E-state index in [0.717, 1.165) is 0 Å². The maximum Gasteiger partial charge on any atom is 0.316 e. The molecule has 0 saturated heterocycles. The zero-order chi connectivity index (χ0) is 9.19. The molecule has 0 fully saturated rings. The third-order valence-electron chi connectivity index (χ3n) is 1.42. The van der Waals surface area contributed by atoms with Gasteiger partial charge in [0, 0.05) is 0 Å². The molecule has 0 saturated carbocycles. The molecule has 0 aliphatic heterocycles. The minimum atomic E-state index is -4.12. The topological polar surface area (TPSA) is 54.4 Å². The van der Waals surface area contributed by atoms with E-state index in [4.69, 9.17) is 4.55 Å². The van der Waals surface area contributed by atoms with Crippen molar-refractivity contribution in [3.8, 4) is 0 Å². The van der Waals surface area contributed by atoms with Gasteiger partial charge in [-0.15, -0.1) is 0 Å². The highest BCUT2D eigenvalue weighted by Crippen LogP contribution is 2.15. The first kappa shape index (κ1) is 12.6. The lowest BCUT2D eigenvalue weighted by atomic mass is 10.2. The number of hydrogen-bond acceptors (Lipinski definition) is 2. The van der Waals surface area contributed by atoms with Gasteiger partial charge in [-0.3, -0.25) is 4.55 Å². The second-order valence-corrected chi connectivity index (χ2v) is 3.61. The van der Waals surface area contributed by atoms with Crippen LogP contribution in [0, 0.1) is 0 Å². The Bertz CT molecular complexity index is 398. The third-order valence-corrected chi connectivity index (χ3v) is 2.34. The molecule has 1 rings (SSSR count). The molecule has 5 heteroatoms. The Morgan fingerprint density at radius 1 is 1.31 bits per heavy atom. The van der Waals surface area contributed by atoms with Crippen LogP contribution in [-0.4, -0.2) is 36.0 Å². The van der Waals surface area contributed by atoms with E-state index in [1.807, 2.05) is 0 Å². The molecule has 0 aliphatic rings. The summed E-state index contributed by atoms with van der Waals surface area (Å²) in [6.07, 6.45) is 1.38. The predicted octanol–water partition coefficient (Wildman–Crippen LogP) is 0.660. The van der Waals surface area contributed by atoms with E-state index in [1.54, 1.807) is 12.1 Å². The standard InChI is InChI=1S/C8H8O3S.Mg.2H/c1-2-7-5-3-4-6-8(7)12(9,10)11;;;/h2-6H,1H2,(H,9,10,11);;;. The lowest BCUT2D eigenvalue weighted by Crippen LogP contribution is -1.99. The average molecular weight is 211 g/mol. The molecular formula is C8H10MgO3S. The van der Waals surface area contributed by atoms with Crippen molar-refractivity contribution in [2.45, 2.75) is 4.90 Å². The molecule has 0 bridgehead atoms. The second-order valence-electron chi connectivity index (χ2n) is 2.22. The molecule has 0 atom stereocenters. The maximum atomic E-state index is 10.7. The molecule has 0 amide bonds. The molecular weight excluding hydrogens is 200 g/mol. The Hall–Kier alpha value is -0.364. The van der Waals surface area contributed by atoms with Gasteiger partial charge in [-0.05, 0) is 11.6 Å². The molecule has 0 radical (unpaired) electrons. The van der Waals surface area contributed by atoms with Gasteiger partial charge in [-0.1, -0.05) is 30.9 Å². The zero-order valence-electron chi connectivity index (χ0n) is 6.27. The molecule has 0 aliphatic carbocycles. The molecule has 0 unspecified atom stereocenters.